The molecule has 1 heterocycles. The van der Waals surface area contributed by atoms with Gasteiger partial charge in [-0.2, -0.15) is 0 Å². The lowest BCUT2D eigenvalue weighted by Gasteiger charge is -2.40. The quantitative estimate of drug-likeness (QED) is 0.492. The summed E-state index contributed by atoms with van der Waals surface area (Å²) in [5, 5.41) is 0. The zero-order chi connectivity index (χ0) is 24.5. The van der Waals surface area contributed by atoms with Crippen LogP contribution in [0.3, 0.4) is 0 Å². The first-order valence-electron chi connectivity index (χ1n) is 10.8. The number of hydrogen-bond donors (Lipinski definition) is 0. The van der Waals surface area contributed by atoms with Crippen molar-refractivity contribution in [1.82, 2.24) is 4.31 Å². The van der Waals surface area contributed by atoms with E-state index in [0.29, 0.717) is 16.9 Å². The van der Waals surface area contributed by atoms with Crippen molar-refractivity contribution >= 4 is 21.9 Å². The van der Waals surface area contributed by atoms with Crippen LogP contribution in [0.1, 0.15) is 45.9 Å². The van der Waals surface area contributed by atoms with Crippen LogP contribution >= 0.6 is 0 Å². The molecule has 0 aliphatic carbocycles. The Morgan fingerprint density at radius 3 is 2.29 bits per heavy atom. The molecule has 7 nitrogen and oxygen atoms in total. The number of carbonyl (C=O) groups is 2. The Morgan fingerprint density at radius 1 is 1.00 bits per heavy atom. The molecule has 1 aliphatic rings. The smallest absolute Gasteiger partial charge is 0.315 e. The molecular formula is C26H25NO6S. The molecule has 34 heavy (non-hydrogen) atoms. The fourth-order valence-electron chi connectivity index (χ4n) is 4.22. The van der Waals surface area contributed by atoms with Crippen molar-refractivity contribution in [2.45, 2.75) is 30.7 Å². The number of amides is 1. The van der Waals surface area contributed by atoms with E-state index in [1.54, 1.807) is 61.5 Å². The van der Waals surface area contributed by atoms with Gasteiger partial charge < -0.3 is 9.47 Å². The summed E-state index contributed by atoms with van der Waals surface area (Å²) in [7, 11) is -2.84. The van der Waals surface area contributed by atoms with Gasteiger partial charge in [-0.3, -0.25) is 9.59 Å². The number of carbonyl (C=O) groups excluding carboxylic acids is 2. The van der Waals surface area contributed by atoms with E-state index in [1.165, 1.54) is 25.3 Å². The third-order valence-electron chi connectivity index (χ3n) is 5.85. The van der Waals surface area contributed by atoms with Gasteiger partial charge >= 0.3 is 5.97 Å². The van der Waals surface area contributed by atoms with Gasteiger partial charge in [0.1, 0.15) is 11.7 Å². The zero-order valence-electron chi connectivity index (χ0n) is 19.1. The highest BCUT2D eigenvalue weighted by molar-refractivity contribution is 7.89. The Hall–Kier alpha value is -3.65. The molecular weight excluding hydrogens is 454 g/mol. The van der Waals surface area contributed by atoms with Crippen LogP contribution in [0.2, 0.25) is 0 Å². The SMILES string of the molecule is CCOC(=O)C1c2cc(OC)ccc2C(=O)N(S(=O)(=O)c2ccc(C)cc2)C1c1ccccc1. The van der Waals surface area contributed by atoms with Crippen LogP contribution in [0, 0.1) is 6.92 Å². The molecule has 0 saturated heterocycles. The van der Waals surface area contributed by atoms with Crippen molar-refractivity contribution in [2.75, 3.05) is 13.7 Å². The van der Waals surface area contributed by atoms with Gasteiger partial charge in [-0.1, -0.05) is 48.0 Å². The Labute approximate surface area is 199 Å². The number of esters is 1. The second-order valence-corrected chi connectivity index (χ2v) is 9.77. The van der Waals surface area contributed by atoms with Gasteiger partial charge in [-0.15, -0.1) is 0 Å². The number of fused-ring (bicyclic) bond motifs is 1. The maximum absolute atomic E-state index is 13.9. The van der Waals surface area contributed by atoms with Crippen molar-refractivity contribution in [3.05, 3.63) is 95.1 Å². The fraction of sp³-hybridized carbons (Fsp3) is 0.231. The first-order valence-corrected chi connectivity index (χ1v) is 12.3. The second-order valence-electron chi connectivity index (χ2n) is 7.96. The summed E-state index contributed by atoms with van der Waals surface area (Å²) in [5.74, 6) is -1.97. The number of benzene rings is 3. The number of ether oxygens (including phenoxy) is 2. The van der Waals surface area contributed by atoms with Crippen LogP contribution in [0.15, 0.2) is 77.7 Å². The molecule has 176 valence electrons. The molecule has 0 radical (unpaired) electrons. The first kappa shape index (κ1) is 23.5. The minimum absolute atomic E-state index is 0.0352. The standard InChI is InChI=1S/C26H25NO6S/c1-4-33-26(29)23-22-16-19(32-3)12-15-21(22)25(28)27(24(23)18-8-6-5-7-9-18)34(30,31)20-13-10-17(2)11-14-20/h5-16,23-24H,4H2,1-3H3. The van der Waals surface area contributed by atoms with Crippen LogP contribution in [0.4, 0.5) is 0 Å². The zero-order valence-corrected chi connectivity index (χ0v) is 19.9. The van der Waals surface area contributed by atoms with Crippen molar-refractivity contribution in [3.63, 3.8) is 0 Å². The molecule has 0 aromatic heterocycles. The van der Waals surface area contributed by atoms with Crippen molar-refractivity contribution in [1.29, 1.82) is 0 Å². The molecule has 0 spiro atoms. The van der Waals surface area contributed by atoms with Crippen LogP contribution in [0.5, 0.6) is 5.75 Å². The lowest BCUT2D eigenvalue weighted by atomic mass is 9.81. The summed E-state index contributed by atoms with van der Waals surface area (Å²) >= 11 is 0. The number of aryl methyl sites for hydroxylation is 1. The molecule has 2 unspecified atom stereocenters. The summed E-state index contributed by atoms with van der Waals surface area (Å²) in [5.41, 5.74) is 1.86. The number of methoxy groups -OCH3 is 1. The minimum Gasteiger partial charge on any atom is -0.497 e. The molecule has 3 aromatic rings. The van der Waals surface area contributed by atoms with E-state index in [9.17, 15) is 18.0 Å². The first-order chi connectivity index (χ1) is 16.3. The summed E-state index contributed by atoms with van der Waals surface area (Å²) in [6.45, 7) is 3.63. The fourth-order valence-corrected chi connectivity index (χ4v) is 5.79. The van der Waals surface area contributed by atoms with E-state index < -0.39 is 33.9 Å². The predicted molar refractivity (Wildman–Crippen MR) is 126 cm³/mol. The molecule has 2 atom stereocenters. The normalized spacial score (nSPS) is 17.7. The number of nitrogens with zero attached hydrogens (tertiary/aromatic N) is 1. The van der Waals surface area contributed by atoms with Gasteiger partial charge in [0.15, 0.2) is 0 Å². The Morgan fingerprint density at radius 2 is 1.68 bits per heavy atom. The van der Waals surface area contributed by atoms with Gasteiger partial charge in [0.25, 0.3) is 15.9 Å². The summed E-state index contributed by atoms with van der Waals surface area (Å²) < 4.78 is 39.3. The summed E-state index contributed by atoms with van der Waals surface area (Å²) in [6, 6.07) is 18.4. The molecule has 0 bridgehead atoms. The Kier molecular flexibility index (Phi) is 6.43. The Balaban J connectivity index is 2.01. The minimum atomic E-state index is -4.32. The van der Waals surface area contributed by atoms with Crippen molar-refractivity contribution in [2.24, 2.45) is 0 Å². The van der Waals surface area contributed by atoms with Gasteiger partial charge in [0, 0.05) is 5.56 Å². The summed E-state index contributed by atoms with van der Waals surface area (Å²) in [6.07, 6.45) is 0. The third kappa shape index (κ3) is 4.05. The Bertz CT molecular complexity index is 1320. The lowest BCUT2D eigenvalue weighted by molar-refractivity contribution is -0.146. The van der Waals surface area contributed by atoms with E-state index in [2.05, 4.69) is 0 Å². The van der Waals surface area contributed by atoms with Gasteiger partial charge in [0.2, 0.25) is 0 Å². The molecule has 3 aromatic carbocycles. The van der Waals surface area contributed by atoms with Crippen LogP contribution < -0.4 is 4.74 Å². The van der Waals surface area contributed by atoms with E-state index in [0.717, 1.165) is 9.87 Å². The molecule has 1 amide bonds. The molecule has 4 rings (SSSR count). The molecule has 0 saturated carbocycles. The molecule has 1 aliphatic heterocycles. The van der Waals surface area contributed by atoms with Crippen LogP contribution in [0.25, 0.3) is 0 Å². The molecule has 8 heteroatoms. The van der Waals surface area contributed by atoms with Crippen molar-refractivity contribution in [3.8, 4) is 5.75 Å². The average molecular weight is 480 g/mol. The van der Waals surface area contributed by atoms with Crippen molar-refractivity contribution < 1.29 is 27.5 Å². The highest BCUT2D eigenvalue weighted by Gasteiger charge is 2.50. The van der Waals surface area contributed by atoms with Gasteiger partial charge in [-0.05, 0) is 55.3 Å². The number of hydrogen-bond acceptors (Lipinski definition) is 6. The molecule has 0 fully saturated rings. The van der Waals surface area contributed by atoms with Crippen LogP contribution in [-0.4, -0.2) is 38.3 Å². The lowest BCUT2D eigenvalue weighted by Crippen LogP contribution is -2.48. The molecule has 0 N–H and O–H groups in total. The van der Waals surface area contributed by atoms with Crippen LogP contribution in [-0.2, 0) is 19.6 Å². The second kappa shape index (κ2) is 9.30. The third-order valence-corrected chi connectivity index (χ3v) is 7.63. The largest absolute Gasteiger partial charge is 0.497 e. The average Bonchev–Trinajstić information content (AvgIpc) is 2.84. The highest BCUT2D eigenvalue weighted by Crippen LogP contribution is 2.46. The van der Waals surface area contributed by atoms with Gasteiger partial charge in [-0.25, -0.2) is 12.7 Å². The predicted octanol–water partition coefficient (Wildman–Crippen LogP) is 4.24. The maximum Gasteiger partial charge on any atom is 0.315 e. The van der Waals surface area contributed by atoms with E-state index >= 15 is 0 Å². The monoisotopic (exact) mass is 479 g/mol. The highest BCUT2D eigenvalue weighted by atomic mass is 32.2. The number of sulfonamides is 1. The summed E-state index contributed by atoms with van der Waals surface area (Å²) in [4.78, 5) is 27.0. The van der Waals surface area contributed by atoms with Gasteiger partial charge in [0.05, 0.1) is 24.7 Å². The topological polar surface area (TPSA) is 90.0 Å². The van der Waals surface area contributed by atoms with E-state index in [4.69, 9.17) is 9.47 Å². The van der Waals surface area contributed by atoms with E-state index in [1.807, 2.05) is 6.92 Å². The number of rotatable bonds is 6. The van der Waals surface area contributed by atoms with E-state index in [-0.39, 0.29) is 17.1 Å². The maximum atomic E-state index is 13.9.